The van der Waals surface area contributed by atoms with Gasteiger partial charge in [-0.2, -0.15) is 13.2 Å². The predicted octanol–water partition coefficient (Wildman–Crippen LogP) is 7.26. The molecule has 0 aliphatic carbocycles. The van der Waals surface area contributed by atoms with E-state index in [0.717, 1.165) is 28.0 Å². The molecule has 0 saturated carbocycles. The number of carbonyl (C=O) groups is 1. The quantitative estimate of drug-likeness (QED) is 0.190. The van der Waals surface area contributed by atoms with Crippen molar-refractivity contribution in [1.29, 1.82) is 0 Å². The van der Waals surface area contributed by atoms with E-state index in [-0.39, 0.29) is 55.4 Å². The highest BCUT2D eigenvalue weighted by Gasteiger charge is 2.32. The number of aryl methyl sites for hydroxylation is 1. The number of rotatable bonds is 5. The third kappa shape index (κ3) is 5.79. The van der Waals surface area contributed by atoms with Crippen LogP contribution in [0.1, 0.15) is 38.3 Å². The number of halogens is 6. The van der Waals surface area contributed by atoms with Crippen LogP contribution >= 0.6 is 34.5 Å². The Hall–Kier alpha value is -2.76. The molecule has 0 bridgehead atoms. The molecule has 0 aliphatic heterocycles. The van der Waals surface area contributed by atoms with E-state index in [1.807, 2.05) is 0 Å². The maximum atomic E-state index is 14.8. The van der Waals surface area contributed by atoms with Crippen molar-refractivity contribution in [3.63, 3.8) is 0 Å². The van der Waals surface area contributed by atoms with Gasteiger partial charge in [-0.15, -0.1) is 10.2 Å². The minimum absolute atomic E-state index is 0.0146. The molecule has 0 atom stereocenters. The molecule has 0 N–H and O–H groups in total. The van der Waals surface area contributed by atoms with Crippen LogP contribution in [-0.2, 0) is 22.1 Å². The number of imidazole rings is 1. The fourth-order valence-corrected chi connectivity index (χ4v) is 4.74. The number of carbonyl (C=O) groups excluding carboxylic acids is 1. The van der Waals surface area contributed by atoms with Crippen molar-refractivity contribution in [3.8, 4) is 21.3 Å². The van der Waals surface area contributed by atoms with Gasteiger partial charge in [-0.3, -0.25) is 4.79 Å². The molecule has 0 saturated heterocycles. The molecule has 1 aromatic carbocycles. The molecule has 0 spiro atoms. The third-order valence-electron chi connectivity index (χ3n) is 4.86. The van der Waals surface area contributed by atoms with Gasteiger partial charge in [-0.1, -0.05) is 34.5 Å². The van der Waals surface area contributed by atoms with Crippen LogP contribution in [0.5, 0.6) is 0 Å². The molecular weight excluding hydrogens is 543 g/mol. The van der Waals surface area contributed by atoms with Gasteiger partial charge in [0.15, 0.2) is 10.7 Å². The van der Waals surface area contributed by atoms with Gasteiger partial charge in [-0.25, -0.2) is 9.37 Å². The van der Waals surface area contributed by atoms with Crippen LogP contribution in [0.4, 0.5) is 17.6 Å². The number of esters is 1. The summed E-state index contributed by atoms with van der Waals surface area (Å²) in [5.41, 5.74) is -0.675. The van der Waals surface area contributed by atoms with Crippen molar-refractivity contribution in [2.24, 2.45) is 0 Å². The first-order chi connectivity index (χ1) is 16.7. The lowest BCUT2D eigenvalue weighted by Crippen LogP contribution is -2.24. The van der Waals surface area contributed by atoms with E-state index < -0.39 is 29.1 Å². The van der Waals surface area contributed by atoms with Gasteiger partial charge < -0.3 is 9.14 Å². The van der Waals surface area contributed by atoms with E-state index in [2.05, 4.69) is 15.2 Å². The van der Waals surface area contributed by atoms with Gasteiger partial charge in [0, 0.05) is 24.4 Å². The molecule has 0 radical (unpaired) electrons. The first-order valence-electron chi connectivity index (χ1n) is 10.5. The Labute approximate surface area is 216 Å². The largest absolute Gasteiger partial charge is 0.460 e. The molecular formula is C23H18Cl2F4N4O2S. The molecule has 4 rings (SSSR count). The average Bonchev–Trinajstić information content (AvgIpc) is 3.39. The number of pyridine rings is 1. The van der Waals surface area contributed by atoms with Crippen LogP contribution in [-0.4, -0.2) is 31.2 Å². The Kier molecular flexibility index (Phi) is 7.02. The number of hydrogen-bond donors (Lipinski definition) is 0. The van der Waals surface area contributed by atoms with Gasteiger partial charge in [0.05, 0.1) is 15.6 Å². The second-order valence-corrected chi connectivity index (χ2v) is 10.6. The maximum Gasteiger partial charge on any atom is 0.417 e. The summed E-state index contributed by atoms with van der Waals surface area (Å²) in [7, 11) is 0. The van der Waals surface area contributed by atoms with E-state index in [4.69, 9.17) is 27.9 Å². The van der Waals surface area contributed by atoms with Crippen LogP contribution in [0.3, 0.4) is 0 Å². The first kappa shape index (κ1) is 26.3. The van der Waals surface area contributed by atoms with Crippen molar-refractivity contribution in [2.45, 2.75) is 45.4 Å². The molecule has 4 aromatic rings. The summed E-state index contributed by atoms with van der Waals surface area (Å²) in [6.07, 6.45) is -2.26. The fourth-order valence-electron chi connectivity index (χ4n) is 3.32. The Balaban J connectivity index is 1.58. The minimum Gasteiger partial charge on any atom is -0.460 e. The summed E-state index contributed by atoms with van der Waals surface area (Å²) < 4.78 is 60.4. The smallest absolute Gasteiger partial charge is 0.417 e. The highest BCUT2D eigenvalue weighted by Crippen LogP contribution is 2.37. The molecule has 190 valence electrons. The Morgan fingerprint density at radius 2 is 1.75 bits per heavy atom. The van der Waals surface area contributed by atoms with Crippen molar-refractivity contribution in [1.82, 2.24) is 19.6 Å². The van der Waals surface area contributed by atoms with Crippen molar-refractivity contribution in [2.75, 3.05) is 0 Å². The van der Waals surface area contributed by atoms with Crippen molar-refractivity contribution >= 4 is 46.2 Å². The highest BCUT2D eigenvalue weighted by molar-refractivity contribution is 7.18. The topological polar surface area (TPSA) is 69.4 Å². The second kappa shape index (κ2) is 9.60. The summed E-state index contributed by atoms with van der Waals surface area (Å²) in [6, 6.07) is 3.42. The van der Waals surface area contributed by atoms with Crippen LogP contribution in [0.15, 0.2) is 30.6 Å². The molecule has 0 unspecified atom stereocenters. The lowest BCUT2D eigenvalue weighted by molar-refractivity contribution is -0.154. The average molecular weight is 561 g/mol. The SMILES string of the molecule is CC(C)(C)OC(=O)CCc1cc(Cl)c(-c2nnc(-c3cn4cc(C(F)(F)F)cc(Cl)c4n3)s2)cc1F. The number of benzene rings is 1. The Morgan fingerprint density at radius 1 is 1.06 bits per heavy atom. The summed E-state index contributed by atoms with van der Waals surface area (Å²) in [6.45, 7) is 5.23. The number of hydrogen-bond acceptors (Lipinski definition) is 6. The van der Waals surface area contributed by atoms with Crippen molar-refractivity contribution < 1.29 is 27.1 Å². The lowest BCUT2D eigenvalue weighted by Gasteiger charge is -2.19. The van der Waals surface area contributed by atoms with Crippen molar-refractivity contribution in [3.05, 3.63) is 57.6 Å². The first-order valence-corrected chi connectivity index (χ1v) is 12.1. The predicted molar refractivity (Wildman–Crippen MR) is 129 cm³/mol. The van der Waals surface area contributed by atoms with E-state index in [0.29, 0.717) is 0 Å². The number of fused-ring (bicyclic) bond motifs is 1. The zero-order chi connectivity index (χ0) is 26.4. The fraction of sp³-hybridized carbons (Fsp3) is 0.304. The van der Waals surface area contributed by atoms with Crippen LogP contribution in [0.2, 0.25) is 10.0 Å². The molecule has 0 aliphatic rings. The zero-order valence-electron chi connectivity index (χ0n) is 19.1. The number of ether oxygens (including phenoxy) is 1. The van der Waals surface area contributed by atoms with E-state index in [9.17, 15) is 22.4 Å². The number of alkyl halides is 3. The van der Waals surface area contributed by atoms with Gasteiger partial charge >= 0.3 is 12.1 Å². The summed E-state index contributed by atoms with van der Waals surface area (Å²) >= 11 is 13.4. The molecule has 13 heteroatoms. The van der Waals surface area contributed by atoms with Gasteiger partial charge in [0.1, 0.15) is 22.1 Å². The van der Waals surface area contributed by atoms with E-state index >= 15 is 0 Å². The van der Waals surface area contributed by atoms with E-state index in [1.165, 1.54) is 18.3 Å². The van der Waals surface area contributed by atoms with Gasteiger partial charge in [0.2, 0.25) is 0 Å². The minimum atomic E-state index is -4.57. The van der Waals surface area contributed by atoms with E-state index in [1.54, 1.807) is 20.8 Å². The lowest BCUT2D eigenvalue weighted by atomic mass is 10.1. The van der Waals surface area contributed by atoms with Crippen LogP contribution in [0.25, 0.3) is 26.9 Å². The number of aromatic nitrogens is 4. The Morgan fingerprint density at radius 3 is 2.42 bits per heavy atom. The normalized spacial score (nSPS) is 12.4. The van der Waals surface area contributed by atoms with Crippen LogP contribution in [0, 0.1) is 5.82 Å². The molecule has 0 amide bonds. The van der Waals surface area contributed by atoms with Gasteiger partial charge in [-0.05, 0) is 51.0 Å². The molecule has 6 nitrogen and oxygen atoms in total. The standard InChI is InChI=1S/C23H18Cl2F4N4O2S/c1-22(2,3)35-18(34)5-4-11-6-14(24)13(8-16(11)26)20-31-32-21(36-20)17-10-33-9-12(23(27,28)29)7-15(25)19(33)30-17/h6-10H,4-5H2,1-3H3. The monoisotopic (exact) mass is 560 g/mol. The summed E-state index contributed by atoms with van der Waals surface area (Å²) in [5.74, 6) is -1.03. The maximum absolute atomic E-state index is 14.8. The molecule has 36 heavy (non-hydrogen) atoms. The zero-order valence-corrected chi connectivity index (χ0v) is 21.4. The molecule has 3 heterocycles. The van der Waals surface area contributed by atoms with Crippen LogP contribution < -0.4 is 0 Å². The highest BCUT2D eigenvalue weighted by atomic mass is 35.5. The molecule has 0 fully saturated rings. The summed E-state index contributed by atoms with van der Waals surface area (Å²) in [5, 5.41) is 8.66. The van der Waals surface area contributed by atoms with Gasteiger partial charge in [0.25, 0.3) is 0 Å². The third-order valence-corrected chi connectivity index (χ3v) is 6.43. The molecule has 3 aromatic heterocycles. The summed E-state index contributed by atoms with van der Waals surface area (Å²) in [4.78, 5) is 16.2. The second-order valence-electron chi connectivity index (χ2n) is 8.85. The number of nitrogens with zero attached hydrogens (tertiary/aromatic N) is 4. The Bertz CT molecular complexity index is 1460.